The molecule has 0 radical (unpaired) electrons. The van der Waals surface area contributed by atoms with Gasteiger partial charge in [0.2, 0.25) is 17.6 Å². The number of piperidine rings is 1. The molecule has 1 saturated heterocycles. The van der Waals surface area contributed by atoms with E-state index in [1.165, 1.54) is 0 Å². The van der Waals surface area contributed by atoms with Crippen molar-refractivity contribution in [2.45, 2.75) is 125 Å². The van der Waals surface area contributed by atoms with E-state index in [1.54, 1.807) is 23.1 Å². The molecule has 9 nitrogen and oxygen atoms in total. The first-order valence-electron chi connectivity index (χ1n) is 18.3. The lowest BCUT2D eigenvalue weighted by atomic mass is 9.74. The van der Waals surface area contributed by atoms with Gasteiger partial charge in [-0.15, -0.1) is 6.58 Å². The second-order valence-corrected chi connectivity index (χ2v) is 15.2. The van der Waals surface area contributed by atoms with Crippen LogP contribution in [-0.2, 0) is 9.47 Å². The Kier molecular flexibility index (Phi) is 14.7. The van der Waals surface area contributed by atoms with Crippen LogP contribution in [0.5, 0.6) is 11.8 Å². The summed E-state index contributed by atoms with van der Waals surface area (Å²) in [5, 5.41) is 9.60. The smallest absolute Gasteiger partial charge is 0.410 e. The van der Waals surface area contributed by atoms with Crippen molar-refractivity contribution in [3.8, 4) is 17.8 Å². The molecule has 2 aliphatic rings. The van der Waals surface area contributed by atoms with Gasteiger partial charge in [0.05, 0.1) is 31.2 Å². The third kappa shape index (κ3) is 11.2. The number of carbonyl (C=O) groups is 1. The van der Waals surface area contributed by atoms with E-state index in [9.17, 15) is 10.1 Å². The third-order valence-electron chi connectivity index (χ3n) is 9.51. The Morgan fingerprint density at radius 3 is 2.50 bits per heavy atom. The van der Waals surface area contributed by atoms with Crippen LogP contribution in [0, 0.1) is 28.6 Å². The lowest BCUT2D eigenvalue weighted by Crippen LogP contribution is -2.50. The highest BCUT2D eigenvalue weighted by molar-refractivity contribution is 5.68. The number of nitriles is 1. The van der Waals surface area contributed by atoms with Gasteiger partial charge in [-0.05, 0) is 82.9 Å². The monoisotopic (exact) mass is 716 g/mol. The van der Waals surface area contributed by atoms with E-state index in [2.05, 4.69) is 44.5 Å². The molecule has 1 aromatic rings. The zero-order chi connectivity index (χ0) is 38.8. The minimum absolute atomic E-state index is 0.0715. The number of hydrogen-bond acceptors (Lipinski definition) is 8. The van der Waals surface area contributed by atoms with Crippen LogP contribution >= 0.6 is 0 Å². The van der Waals surface area contributed by atoms with Gasteiger partial charge < -0.3 is 23.8 Å². The van der Waals surface area contributed by atoms with Crippen molar-refractivity contribution < 1.29 is 28.1 Å². The molecule has 2 heterocycles. The summed E-state index contributed by atoms with van der Waals surface area (Å²) in [6.07, 6.45) is 7.25. The summed E-state index contributed by atoms with van der Waals surface area (Å²) >= 11 is 0. The predicted octanol–water partition coefficient (Wildman–Crippen LogP) is 10.00. The maximum atomic E-state index is 15.1. The number of nitrogens with zero attached hydrogens (tertiary/aromatic N) is 4. The summed E-state index contributed by atoms with van der Waals surface area (Å²) < 4.78 is 39.8. The first-order chi connectivity index (χ1) is 24.4. The van der Waals surface area contributed by atoms with Crippen molar-refractivity contribution in [1.29, 1.82) is 5.26 Å². The number of aromatic nitrogens is 2. The van der Waals surface area contributed by atoms with Crippen LogP contribution in [0.25, 0.3) is 5.76 Å². The van der Waals surface area contributed by atoms with Crippen molar-refractivity contribution in [3.05, 3.63) is 77.3 Å². The molecule has 0 aromatic carbocycles. The molecular weight excluding hydrogens is 659 g/mol. The first kappa shape index (κ1) is 41.8. The lowest BCUT2D eigenvalue weighted by Gasteiger charge is -2.38. The maximum absolute atomic E-state index is 15.1. The molecule has 282 valence electrons. The molecule has 1 amide bonds. The molecule has 0 N–H and O–H groups in total. The number of likely N-dealkylation sites (tertiary alicyclic amines) is 1. The Balaban J connectivity index is 2.03. The zero-order valence-electron chi connectivity index (χ0n) is 32.8. The molecule has 1 aliphatic carbocycles. The number of rotatable bonds is 16. The minimum atomic E-state index is -0.838. The first-order valence-corrected chi connectivity index (χ1v) is 18.3. The Labute approximate surface area is 310 Å². The SMILES string of the molecule is C=C[C@@H](C[C@@H](C)CC)[C@H](C)Oc1cc(O[C@H]2CCN(C(=O)OC(C)(C)C)[C@H](CC#N)C2)nc(/C(=C/C(=C)C(C)(C)C2=C(C)C=C=C=C2F)OCC)n1. The van der Waals surface area contributed by atoms with E-state index in [0.717, 1.165) is 18.4 Å². The average molecular weight is 717 g/mol. The van der Waals surface area contributed by atoms with Gasteiger partial charge in [0.25, 0.3) is 0 Å². The van der Waals surface area contributed by atoms with Crippen molar-refractivity contribution in [2.75, 3.05) is 13.2 Å². The van der Waals surface area contributed by atoms with E-state index in [0.29, 0.717) is 48.8 Å². The average Bonchev–Trinajstić information content (AvgIpc) is 3.05. The van der Waals surface area contributed by atoms with Gasteiger partial charge in [-0.25, -0.2) is 4.79 Å². The summed E-state index contributed by atoms with van der Waals surface area (Å²) in [6.45, 7) is 28.3. The highest BCUT2D eigenvalue weighted by atomic mass is 19.1. The van der Waals surface area contributed by atoms with Gasteiger partial charge in [-0.2, -0.15) is 19.6 Å². The molecule has 52 heavy (non-hydrogen) atoms. The molecule has 5 atom stereocenters. The van der Waals surface area contributed by atoms with Crippen LogP contribution < -0.4 is 9.47 Å². The number of carbonyl (C=O) groups excluding carboxylic acids is 1. The summed E-state index contributed by atoms with van der Waals surface area (Å²) in [5.74, 6) is 1.13. The summed E-state index contributed by atoms with van der Waals surface area (Å²) in [5.41, 5.74) is 5.51. The largest absolute Gasteiger partial charge is 0.490 e. The fourth-order valence-electron chi connectivity index (χ4n) is 6.28. The molecule has 0 bridgehead atoms. The number of hydrogen-bond donors (Lipinski definition) is 0. The van der Waals surface area contributed by atoms with E-state index in [4.69, 9.17) is 28.9 Å². The van der Waals surface area contributed by atoms with Crippen LogP contribution in [0.2, 0.25) is 0 Å². The van der Waals surface area contributed by atoms with E-state index < -0.39 is 29.0 Å². The van der Waals surface area contributed by atoms with Crippen LogP contribution in [-0.4, -0.2) is 58.0 Å². The van der Waals surface area contributed by atoms with Crippen molar-refractivity contribution >= 4 is 11.9 Å². The molecular formula is C42H57FN4O5. The Bertz CT molecular complexity index is 1680. The van der Waals surface area contributed by atoms with Gasteiger partial charge in [0.1, 0.15) is 17.8 Å². The zero-order valence-corrected chi connectivity index (χ0v) is 32.8. The number of allylic oxidation sites excluding steroid dienone is 6. The second kappa shape index (κ2) is 18.3. The quantitative estimate of drug-likeness (QED) is 0.0720. The fraction of sp³-hybridized carbons (Fsp3) is 0.571. The molecule has 1 aromatic heterocycles. The molecule has 0 spiro atoms. The molecule has 1 fully saturated rings. The third-order valence-corrected chi connectivity index (χ3v) is 9.51. The van der Waals surface area contributed by atoms with Crippen LogP contribution in [0.15, 0.2) is 71.5 Å². The van der Waals surface area contributed by atoms with Gasteiger partial charge in [-0.3, -0.25) is 0 Å². The van der Waals surface area contributed by atoms with E-state index in [-0.39, 0.29) is 42.1 Å². The minimum Gasteiger partial charge on any atom is -0.490 e. The topological polar surface area (TPSA) is 107 Å². The van der Waals surface area contributed by atoms with Crippen molar-refractivity contribution in [2.24, 2.45) is 17.3 Å². The van der Waals surface area contributed by atoms with Gasteiger partial charge in [0, 0.05) is 36.3 Å². The summed E-state index contributed by atoms with van der Waals surface area (Å²) in [6, 6.07) is 3.46. The number of amides is 1. The summed E-state index contributed by atoms with van der Waals surface area (Å²) in [7, 11) is 0. The van der Waals surface area contributed by atoms with Crippen molar-refractivity contribution in [1.82, 2.24) is 14.9 Å². The van der Waals surface area contributed by atoms with Crippen LogP contribution in [0.3, 0.4) is 0 Å². The van der Waals surface area contributed by atoms with Gasteiger partial charge >= 0.3 is 6.09 Å². The highest BCUT2D eigenvalue weighted by Crippen LogP contribution is 2.42. The Hall–Kier alpha value is -4.57. The fourth-order valence-corrected chi connectivity index (χ4v) is 6.28. The standard InChI is InChI=1S/C42H57FN4O5/c1-13-27(4)23-31(14-2)30(7)50-36-26-37(51-33-20-22-47(32(25-33)19-21-44)40(48)52-41(8,9)10)46-39(45-36)35(49-15-3)24-29(6)42(11,12)38-28(5)17-16-18-34(38)43/h14,17,24,26-27,30-33H,2,6,13,15,19-20,22-23,25H2,1,3-5,7-12H3/b35-24-/t27-,30-,31-,32+,33-/m0/s1. The predicted molar refractivity (Wildman–Crippen MR) is 202 cm³/mol. The number of halogens is 1. The Morgan fingerprint density at radius 2 is 1.90 bits per heavy atom. The molecule has 10 heteroatoms. The summed E-state index contributed by atoms with van der Waals surface area (Å²) in [4.78, 5) is 24.2. The maximum Gasteiger partial charge on any atom is 0.410 e. The van der Waals surface area contributed by atoms with E-state index >= 15 is 4.39 Å². The number of ether oxygens (including phenoxy) is 4. The van der Waals surface area contributed by atoms with E-state index in [1.807, 2.05) is 61.5 Å². The molecule has 1 aliphatic heterocycles. The molecule has 0 unspecified atom stereocenters. The lowest BCUT2D eigenvalue weighted by molar-refractivity contribution is -0.00385. The van der Waals surface area contributed by atoms with Crippen LogP contribution in [0.1, 0.15) is 107 Å². The normalized spacial score (nSPS) is 19.6. The molecule has 0 saturated carbocycles. The Morgan fingerprint density at radius 1 is 1.21 bits per heavy atom. The highest BCUT2D eigenvalue weighted by Gasteiger charge is 2.36. The van der Waals surface area contributed by atoms with Gasteiger partial charge in [-0.1, -0.05) is 52.5 Å². The van der Waals surface area contributed by atoms with Crippen LogP contribution in [0.4, 0.5) is 9.18 Å². The second-order valence-electron chi connectivity index (χ2n) is 15.2. The van der Waals surface area contributed by atoms with Gasteiger partial charge in [0.15, 0.2) is 11.6 Å². The molecule has 3 rings (SSSR count). The van der Waals surface area contributed by atoms with Crippen molar-refractivity contribution in [3.63, 3.8) is 0 Å².